The molecule has 2 aromatic carbocycles. The maximum atomic E-state index is 12.9. The van der Waals surface area contributed by atoms with E-state index in [1.165, 1.54) is 12.1 Å². The largest absolute Gasteiger partial charge is 0.492 e. The van der Waals surface area contributed by atoms with Crippen LogP contribution in [0.15, 0.2) is 54.6 Å². The van der Waals surface area contributed by atoms with Gasteiger partial charge in [-0.05, 0) is 24.6 Å². The van der Waals surface area contributed by atoms with Crippen LogP contribution in [0, 0.1) is 5.82 Å². The van der Waals surface area contributed by atoms with Crippen LogP contribution in [-0.4, -0.2) is 19.2 Å². The molecule has 2 rings (SSSR count). The number of hydrogen-bond donors (Lipinski definition) is 2. The summed E-state index contributed by atoms with van der Waals surface area (Å²) < 4.78 is 18.3. The fraction of sp³-hybridized carbons (Fsp3) is 0.235. The van der Waals surface area contributed by atoms with E-state index in [4.69, 9.17) is 4.74 Å². The van der Waals surface area contributed by atoms with E-state index in [1.807, 2.05) is 37.3 Å². The fourth-order valence-corrected chi connectivity index (χ4v) is 1.96. The maximum Gasteiger partial charge on any atom is 0.315 e. The van der Waals surface area contributed by atoms with Gasteiger partial charge in [-0.25, -0.2) is 9.18 Å². The number of halogens is 1. The van der Waals surface area contributed by atoms with Crippen LogP contribution in [0.3, 0.4) is 0 Å². The Bertz CT molecular complexity index is 605. The topological polar surface area (TPSA) is 50.4 Å². The van der Waals surface area contributed by atoms with Crippen molar-refractivity contribution < 1.29 is 13.9 Å². The van der Waals surface area contributed by atoms with Crippen molar-refractivity contribution in [3.8, 4) is 5.75 Å². The average molecular weight is 302 g/mol. The van der Waals surface area contributed by atoms with Gasteiger partial charge in [-0.3, -0.25) is 0 Å². The highest BCUT2D eigenvalue weighted by molar-refractivity contribution is 5.74. The zero-order valence-corrected chi connectivity index (χ0v) is 12.4. The number of benzene rings is 2. The number of hydrogen-bond acceptors (Lipinski definition) is 2. The van der Waals surface area contributed by atoms with Crippen molar-refractivity contribution in [1.29, 1.82) is 0 Å². The van der Waals surface area contributed by atoms with Gasteiger partial charge in [-0.2, -0.15) is 0 Å². The van der Waals surface area contributed by atoms with Gasteiger partial charge in [-0.15, -0.1) is 0 Å². The van der Waals surface area contributed by atoms with Crippen molar-refractivity contribution in [2.45, 2.75) is 13.0 Å². The highest BCUT2D eigenvalue weighted by Crippen LogP contribution is 2.12. The lowest BCUT2D eigenvalue weighted by atomic mass is 10.1. The summed E-state index contributed by atoms with van der Waals surface area (Å²) in [5.74, 6) is 0.0970. The van der Waals surface area contributed by atoms with E-state index in [0.29, 0.717) is 12.3 Å². The number of carbonyl (C=O) groups is 1. The Morgan fingerprint density at radius 2 is 1.95 bits per heavy atom. The maximum absolute atomic E-state index is 12.9. The molecule has 0 aromatic heterocycles. The lowest BCUT2D eigenvalue weighted by Crippen LogP contribution is -2.38. The van der Waals surface area contributed by atoms with E-state index in [2.05, 4.69) is 10.6 Å². The Labute approximate surface area is 129 Å². The molecule has 22 heavy (non-hydrogen) atoms. The van der Waals surface area contributed by atoms with Crippen LogP contribution < -0.4 is 15.4 Å². The Morgan fingerprint density at radius 1 is 1.18 bits per heavy atom. The van der Waals surface area contributed by atoms with Gasteiger partial charge in [0.05, 0.1) is 12.6 Å². The number of rotatable bonds is 6. The van der Waals surface area contributed by atoms with Crippen LogP contribution in [0.1, 0.15) is 18.5 Å². The van der Waals surface area contributed by atoms with Crippen LogP contribution in [0.2, 0.25) is 0 Å². The van der Waals surface area contributed by atoms with Crippen molar-refractivity contribution in [2.24, 2.45) is 0 Å². The number of urea groups is 1. The minimum absolute atomic E-state index is 0.0784. The van der Waals surface area contributed by atoms with Gasteiger partial charge in [0.2, 0.25) is 0 Å². The zero-order valence-electron chi connectivity index (χ0n) is 12.4. The lowest BCUT2D eigenvalue weighted by Gasteiger charge is -2.15. The first-order valence-electron chi connectivity index (χ1n) is 7.13. The van der Waals surface area contributed by atoms with E-state index >= 15 is 0 Å². The minimum Gasteiger partial charge on any atom is -0.492 e. The van der Waals surface area contributed by atoms with Crippen LogP contribution in [0.5, 0.6) is 5.75 Å². The monoisotopic (exact) mass is 302 g/mol. The standard InChI is InChI=1S/C17H19FN2O2/c1-13(14-6-3-2-4-7-14)20-17(21)19-10-11-22-16-9-5-8-15(18)12-16/h2-9,12-13H,10-11H2,1H3,(H2,19,20,21). The van der Waals surface area contributed by atoms with Crippen LogP contribution in [0.4, 0.5) is 9.18 Å². The number of nitrogens with one attached hydrogen (secondary N) is 2. The third-order valence-corrected chi connectivity index (χ3v) is 3.10. The van der Waals surface area contributed by atoms with Gasteiger partial charge < -0.3 is 15.4 Å². The fourth-order valence-electron chi connectivity index (χ4n) is 1.96. The molecule has 116 valence electrons. The summed E-state index contributed by atoms with van der Waals surface area (Å²) in [6.07, 6.45) is 0. The molecule has 5 heteroatoms. The van der Waals surface area contributed by atoms with Gasteiger partial charge in [-0.1, -0.05) is 36.4 Å². The summed E-state index contributed by atoms with van der Waals surface area (Å²) in [6, 6.07) is 15.3. The van der Waals surface area contributed by atoms with E-state index < -0.39 is 0 Å². The Morgan fingerprint density at radius 3 is 2.68 bits per heavy atom. The third kappa shape index (κ3) is 5.09. The predicted molar refractivity (Wildman–Crippen MR) is 83.3 cm³/mol. The molecule has 0 saturated carbocycles. The summed E-state index contributed by atoms with van der Waals surface area (Å²) in [6.45, 7) is 2.53. The molecule has 0 heterocycles. The second-order valence-electron chi connectivity index (χ2n) is 4.84. The third-order valence-electron chi connectivity index (χ3n) is 3.10. The molecule has 1 atom stereocenters. The van der Waals surface area contributed by atoms with E-state index in [1.54, 1.807) is 12.1 Å². The smallest absolute Gasteiger partial charge is 0.315 e. The minimum atomic E-state index is -0.347. The van der Waals surface area contributed by atoms with Crippen LogP contribution in [-0.2, 0) is 0 Å². The van der Waals surface area contributed by atoms with Crippen LogP contribution >= 0.6 is 0 Å². The predicted octanol–water partition coefficient (Wildman–Crippen LogP) is 3.26. The van der Waals surface area contributed by atoms with Crippen molar-refractivity contribution in [3.05, 3.63) is 66.0 Å². The molecule has 0 aliphatic heterocycles. The summed E-state index contributed by atoms with van der Waals surface area (Å²) >= 11 is 0. The molecular formula is C17H19FN2O2. The number of ether oxygens (including phenoxy) is 1. The number of carbonyl (C=O) groups excluding carboxylic acids is 1. The second-order valence-corrected chi connectivity index (χ2v) is 4.84. The molecule has 4 nitrogen and oxygen atoms in total. The summed E-state index contributed by atoms with van der Waals surface area (Å²) in [4.78, 5) is 11.8. The van der Waals surface area contributed by atoms with Crippen LogP contribution in [0.25, 0.3) is 0 Å². The molecule has 0 radical (unpaired) electrons. The van der Waals surface area contributed by atoms with Crippen molar-refractivity contribution in [2.75, 3.05) is 13.2 Å². The number of amides is 2. The van der Waals surface area contributed by atoms with Gasteiger partial charge >= 0.3 is 6.03 Å². The molecule has 2 N–H and O–H groups in total. The molecule has 2 amide bonds. The van der Waals surface area contributed by atoms with E-state index in [-0.39, 0.29) is 24.5 Å². The highest BCUT2D eigenvalue weighted by Gasteiger charge is 2.08. The average Bonchev–Trinajstić information content (AvgIpc) is 2.52. The van der Waals surface area contributed by atoms with Crippen molar-refractivity contribution in [1.82, 2.24) is 10.6 Å². The van der Waals surface area contributed by atoms with E-state index in [0.717, 1.165) is 5.56 Å². The second kappa shape index (κ2) is 8.02. The van der Waals surface area contributed by atoms with Gasteiger partial charge in [0, 0.05) is 6.07 Å². The first-order valence-corrected chi connectivity index (χ1v) is 7.13. The molecule has 0 aliphatic carbocycles. The molecule has 0 aliphatic rings. The summed E-state index contributed by atoms with van der Waals surface area (Å²) in [5, 5.41) is 5.54. The first kappa shape index (κ1) is 15.8. The molecule has 0 spiro atoms. The molecule has 0 bridgehead atoms. The zero-order chi connectivity index (χ0) is 15.8. The lowest BCUT2D eigenvalue weighted by molar-refractivity contribution is 0.233. The Hall–Kier alpha value is -2.56. The first-order chi connectivity index (χ1) is 10.6. The molecule has 0 saturated heterocycles. The van der Waals surface area contributed by atoms with Gasteiger partial charge in [0.1, 0.15) is 18.2 Å². The van der Waals surface area contributed by atoms with Gasteiger partial charge in [0.15, 0.2) is 0 Å². The summed E-state index contributed by atoms with van der Waals surface area (Å²) in [5.41, 5.74) is 1.04. The summed E-state index contributed by atoms with van der Waals surface area (Å²) in [7, 11) is 0. The Balaban J connectivity index is 1.68. The quantitative estimate of drug-likeness (QED) is 0.805. The molecule has 2 aromatic rings. The highest BCUT2D eigenvalue weighted by atomic mass is 19.1. The SMILES string of the molecule is CC(NC(=O)NCCOc1cccc(F)c1)c1ccccc1. The van der Waals surface area contributed by atoms with Gasteiger partial charge in [0.25, 0.3) is 0 Å². The normalized spacial score (nSPS) is 11.5. The van der Waals surface area contributed by atoms with Crippen molar-refractivity contribution >= 4 is 6.03 Å². The van der Waals surface area contributed by atoms with E-state index in [9.17, 15) is 9.18 Å². The molecular weight excluding hydrogens is 283 g/mol. The van der Waals surface area contributed by atoms with Crippen molar-refractivity contribution in [3.63, 3.8) is 0 Å². The molecule has 1 unspecified atom stereocenters. The molecule has 0 fully saturated rings. The Kier molecular flexibility index (Phi) is 5.77.